The highest BCUT2D eigenvalue weighted by Gasteiger charge is 2.12. The number of hydrogen-bond donors (Lipinski definition) is 5. The number of nitrogens with zero attached hydrogens (tertiary/aromatic N) is 4. The van der Waals surface area contributed by atoms with Crippen molar-refractivity contribution in [3.05, 3.63) is 262 Å². The number of anilines is 2. The van der Waals surface area contributed by atoms with Gasteiger partial charge in [0.05, 0.1) is 21.1 Å². The normalized spacial score (nSPS) is 10.5. The second-order valence-electron chi connectivity index (χ2n) is 18.0. The third kappa shape index (κ3) is 15.8. The summed E-state index contributed by atoms with van der Waals surface area (Å²) in [4.78, 5) is 67.2. The van der Waals surface area contributed by atoms with E-state index < -0.39 is 0 Å². The molecule has 13 nitrogen and oxygen atoms in total. The summed E-state index contributed by atoms with van der Waals surface area (Å²) in [6.45, 7) is 4.45. The number of amides is 2. The first kappa shape index (κ1) is 54.8. The molecule has 0 radical (unpaired) electrons. The van der Waals surface area contributed by atoms with Gasteiger partial charge in [-0.15, -0.1) is 11.3 Å². The van der Waals surface area contributed by atoms with Crippen molar-refractivity contribution < 1.29 is 19.2 Å². The number of carbonyl (C=O) groups is 4. The number of aromatic nitrogens is 4. The highest BCUT2D eigenvalue weighted by Crippen LogP contribution is 2.27. The Labute approximate surface area is 458 Å². The Morgan fingerprint density at radius 3 is 1.91 bits per heavy atom. The largest absolute Gasteiger partial charge is 0.398 e. The number of para-hydroxylation sites is 1. The number of Topliss-reactive ketones (excluding diaryl/α,β-unsaturated/α-hetero) is 2. The van der Waals surface area contributed by atoms with Crippen LogP contribution in [0.25, 0.3) is 32.6 Å². The molecule has 0 spiro atoms. The van der Waals surface area contributed by atoms with Gasteiger partial charge in [-0.05, 0) is 93.2 Å². The highest BCUT2D eigenvalue weighted by atomic mass is 32.1. The Bertz CT molecular complexity index is 3580. The Morgan fingerprint density at radius 1 is 0.538 bits per heavy atom. The third-order valence-electron chi connectivity index (χ3n) is 12.4. The van der Waals surface area contributed by atoms with E-state index in [1.165, 1.54) is 16.9 Å². The van der Waals surface area contributed by atoms with Gasteiger partial charge in [0.2, 0.25) is 5.95 Å². The summed E-state index contributed by atoms with van der Waals surface area (Å²) in [5.41, 5.74) is 16.5. The minimum atomic E-state index is -0.102. The summed E-state index contributed by atoms with van der Waals surface area (Å²) in [5, 5.41) is 14.4. The van der Waals surface area contributed by atoms with Crippen molar-refractivity contribution in [2.75, 3.05) is 18.1 Å². The van der Waals surface area contributed by atoms with E-state index in [9.17, 15) is 19.2 Å². The van der Waals surface area contributed by atoms with E-state index in [0.717, 1.165) is 67.9 Å². The Morgan fingerprint density at radius 2 is 1.21 bits per heavy atom. The zero-order valence-corrected chi connectivity index (χ0v) is 44.2. The number of rotatable bonds is 18. The van der Waals surface area contributed by atoms with Crippen LogP contribution >= 0.6 is 11.3 Å². The van der Waals surface area contributed by atoms with Gasteiger partial charge in [0.15, 0.2) is 11.6 Å². The Hall–Kier alpha value is -9.50. The molecule has 390 valence electrons. The fraction of sp³-hybridized carbons (Fsp3) is 0.125. The van der Waals surface area contributed by atoms with Crippen LogP contribution in [0.5, 0.6) is 0 Å². The number of nitrogen functional groups attached to an aromatic ring is 1. The van der Waals surface area contributed by atoms with Crippen molar-refractivity contribution in [3.8, 4) is 21.8 Å². The van der Waals surface area contributed by atoms with E-state index >= 15 is 0 Å². The number of hydrogen-bond acceptors (Lipinski definition) is 12. The number of pyridine rings is 2. The monoisotopic (exact) mass is 1050 g/mol. The smallest absolute Gasteiger partial charge is 0.261 e. The molecule has 0 aliphatic heterocycles. The Kier molecular flexibility index (Phi) is 19.6. The van der Waals surface area contributed by atoms with Gasteiger partial charge in [0.25, 0.3) is 11.8 Å². The standard InChI is InChI=1S/C24H21N5O.C21H19NO2.C19H19N3OS/c25-21-6-2-1-4-19(21)14-23(30)18-9-7-17(8-10-18)15-28-24-27-13-11-22(29-24)20-5-3-12-26-16-20;1-2-20(23)17-9-7-15(8-10-17)14-22-21(24)19-12-11-16-5-3-4-6-18(16)13-19;1-20-19(23)18-10-9-17(24-18)16-8-7-15(13-22-16)12-21-11-14-5-3-2-4-6-14/h1-13,16H,14-15,25H2,(H,27,28,29);3-13H,2,14H2,1H3,(H,22,24);2-10,13,21H,11-12H2,1H3,(H,20,23). The molecule has 0 fully saturated rings. The summed E-state index contributed by atoms with van der Waals surface area (Å²) < 4.78 is 0. The molecule has 0 aliphatic carbocycles. The van der Waals surface area contributed by atoms with Crippen molar-refractivity contribution in [3.63, 3.8) is 0 Å². The quantitative estimate of drug-likeness (QED) is 0.0405. The minimum Gasteiger partial charge on any atom is -0.398 e. The number of nitrogens with two attached hydrogens (primary N) is 1. The molecule has 0 saturated carbocycles. The molecular formula is C64H59N9O4S. The van der Waals surface area contributed by atoms with Crippen molar-refractivity contribution in [1.29, 1.82) is 0 Å². The highest BCUT2D eigenvalue weighted by molar-refractivity contribution is 7.17. The number of thiophene rings is 1. The van der Waals surface area contributed by atoms with Gasteiger partial charge in [-0.1, -0.05) is 140 Å². The van der Waals surface area contributed by atoms with Crippen molar-refractivity contribution in [2.45, 2.75) is 45.9 Å². The lowest BCUT2D eigenvalue weighted by atomic mass is 10.0. The third-order valence-corrected chi connectivity index (χ3v) is 13.5. The first-order valence-corrected chi connectivity index (χ1v) is 26.3. The summed E-state index contributed by atoms with van der Waals surface area (Å²) in [6, 6.07) is 59.8. The molecule has 0 unspecified atom stereocenters. The summed E-state index contributed by atoms with van der Waals surface area (Å²) in [6.07, 6.45) is 7.89. The van der Waals surface area contributed by atoms with Gasteiger partial charge in [-0.25, -0.2) is 9.97 Å². The maximum atomic E-state index is 12.5. The SMILES string of the molecule is CCC(=O)c1ccc(CNC(=O)c2ccc3ccccc3c2)cc1.CNC(=O)c1ccc(-c2ccc(CNCc3ccccc3)cn2)s1.Nc1ccccc1CC(=O)c1ccc(CNc2nccc(-c3cccnc3)n2)cc1. The number of fused-ring (bicyclic) bond motifs is 1. The molecule has 10 aromatic rings. The van der Waals surface area contributed by atoms with Crippen LogP contribution in [0.3, 0.4) is 0 Å². The maximum Gasteiger partial charge on any atom is 0.261 e. The van der Waals surface area contributed by atoms with Gasteiger partial charge in [-0.3, -0.25) is 29.1 Å². The van der Waals surface area contributed by atoms with E-state index in [1.807, 2.05) is 183 Å². The lowest BCUT2D eigenvalue weighted by molar-refractivity contribution is 0.0946. The van der Waals surface area contributed by atoms with E-state index in [0.29, 0.717) is 59.1 Å². The van der Waals surface area contributed by atoms with E-state index in [-0.39, 0.29) is 23.4 Å². The van der Waals surface area contributed by atoms with Gasteiger partial charge < -0.3 is 27.0 Å². The molecule has 4 heterocycles. The maximum absolute atomic E-state index is 12.5. The molecule has 0 atom stereocenters. The molecule has 4 aromatic heterocycles. The van der Waals surface area contributed by atoms with E-state index in [4.69, 9.17) is 5.73 Å². The first-order valence-electron chi connectivity index (χ1n) is 25.5. The molecule has 10 rings (SSSR count). The predicted molar refractivity (Wildman–Crippen MR) is 312 cm³/mol. The Balaban J connectivity index is 0.000000156. The fourth-order valence-corrected chi connectivity index (χ4v) is 8.98. The van der Waals surface area contributed by atoms with E-state index in [2.05, 4.69) is 59.4 Å². The van der Waals surface area contributed by atoms with Crippen LogP contribution in [0.4, 0.5) is 11.6 Å². The second kappa shape index (κ2) is 27.9. The summed E-state index contributed by atoms with van der Waals surface area (Å²) in [7, 11) is 1.64. The van der Waals surface area contributed by atoms with Crippen molar-refractivity contribution in [2.24, 2.45) is 0 Å². The average molecular weight is 1050 g/mol. The molecule has 14 heteroatoms. The average Bonchev–Trinajstić information content (AvgIpc) is 4.01. The van der Waals surface area contributed by atoms with E-state index in [1.54, 1.807) is 25.6 Å². The van der Waals surface area contributed by atoms with Gasteiger partial charge in [0, 0.05) is 98.8 Å². The second-order valence-corrected chi connectivity index (χ2v) is 19.0. The van der Waals surface area contributed by atoms with Crippen LogP contribution in [-0.4, -0.2) is 50.4 Å². The molecule has 0 aliphatic rings. The van der Waals surface area contributed by atoms with Crippen LogP contribution in [0.15, 0.2) is 213 Å². The zero-order chi connectivity index (χ0) is 54.5. The van der Waals surface area contributed by atoms with Crippen LogP contribution in [0, 0.1) is 0 Å². The zero-order valence-electron chi connectivity index (χ0n) is 43.4. The number of ketones is 2. The van der Waals surface area contributed by atoms with Gasteiger partial charge in [0.1, 0.15) is 0 Å². The molecule has 0 bridgehead atoms. The molecule has 6 aromatic carbocycles. The predicted octanol–water partition coefficient (Wildman–Crippen LogP) is 12.0. The van der Waals surface area contributed by atoms with Crippen LogP contribution < -0.4 is 27.0 Å². The summed E-state index contributed by atoms with van der Waals surface area (Å²) >= 11 is 1.45. The van der Waals surface area contributed by atoms with Crippen molar-refractivity contribution >= 4 is 57.1 Å². The molecule has 6 N–H and O–H groups in total. The van der Waals surface area contributed by atoms with Gasteiger partial charge >= 0.3 is 0 Å². The van der Waals surface area contributed by atoms with Gasteiger partial charge in [-0.2, -0.15) is 0 Å². The van der Waals surface area contributed by atoms with Crippen LogP contribution in [-0.2, 0) is 32.6 Å². The first-order chi connectivity index (χ1) is 38.1. The molecule has 78 heavy (non-hydrogen) atoms. The number of nitrogens with one attached hydrogen (secondary N) is 4. The molecular weight excluding hydrogens is 991 g/mol. The molecule has 0 saturated heterocycles. The fourth-order valence-electron chi connectivity index (χ4n) is 8.05. The number of carbonyl (C=O) groups excluding carboxylic acids is 4. The number of benzene rings is 6. The molecule has 2 amide bonds. The summed E-state index contributed by atoms with van der Waals surface area (Å²) in [5.74, 6) is 0.542. The van der Waals surface area contributed by atoms with Crippen LogP contribution in [0.2, 0.25) is 0 Å². The topological polar surface area (TPSA) is 194 Å². The van der Waals surface area contributed by atoms with Crippen molar-refractivity contribution in [1.82, 2.24) is 35.9 Å². The minimum absolute atomic E-state index is 0.0416. The van der Waals surface area contributed by atoms with Crippen LogP contribution in [0.1, 0.15) is 81.9 Å². The lowest BCUT2D eigenvalue weighted by Crippen LogP contribution is -2.22. The lowest BCUT2D eigenvalue weighted by Gasteiger charge is -2.08.